The molecule has 3 rings (SSSR count). The van der Waals surface area contributed by atoms with Crippen LogP contribution >= 0.6 is 0 Å². The van der Waals surface area contributed by atoms with Gasteiger partial charge in [-0.25, -0.2) is 8.42 Å². The molecule has 1 amide bonds. The summed E-state index contributed by atoms with van der Waals surface area (Å²) >= 11 is 0. The number of hydrogen-bond acceptors (Lipinski definition) is 7. The second-order valence-corrected chi connectivity index (χ2v) is 12.4. The maximum absolute atomic E-state index is 13.1. The molecule has 0 unspecified atom stereocenters. The van der Waals surface area contributed by atoms with Crippen molar-refractivity contribution in [3.05, 3.63) is 23.3 Å². The molecule has 10 heteroatoms. The highest BCUT2D eigenvalue weighted by Gasteiger charge is 2.40. The molecule has 1 aliphatic heterocycles. The number of methoxy groups -OCH3 is 1. The Bertz CT molecular complexity index is 1030. The summed E-state index contributed by atoms with van der Waals surface area (Å²) in [4.78, 5) is 26.8. The Balaban J connectivity index is 1.41. The van der Waals surface area contributed by atoms with Crippen LogP contribution in [0.2, 0.25) is 0 Å². The van der Waals surface area contributed by atoms with Crippen LogP contribution in [0, 0.1) is 25.2 Å². The van der Waals surface area contributed by atoms with E-state index in [4.69, 9.17) is 14.2 Å². The Morgan fingerprint density at radius 3 is 2.22 bits per heavy atom. The summed E-state index contributed by atoms with van der Waals surface area (Å²) < 4.78 is 43.5. The largest absolute Gasteiger partial charge is 0.497 e. The predicted molar refractivity (Wildman–Crippen MR) is 140 cm³/mol. The number of carbonyl (C=O) groups is 2. The SMILES string of the molecule is CCOC(=O)C1CCC2(CC1)CCN(C(=O)COCCN(C)S(=O)(=O)c1c(C)cc(OC)cc1C)CC2. The van der Waals surface area contributed by atoms with Crippen molar-refractivity contribution in [1.82, 2.24) is 9.21 Å². The monoisotopic (exact) mass is 538 g/mol. The minimum absolute atomic E-state index is 0.0122. The van der Waals surface area contributed by atoms with E-state index in [1.165, 1.54) is 11.4 Å². The van der Waals surface area contributed by atoms with E-state index >= 15 is 0 Å². The van der Waals surface area contributed by atoms with Gasteiger partial charge in [0, 0.05) is 26.7 Å². The molecule has 2 aliphatic rings. The molecule has 1 aliphatic carbocycles. The molecule has 0 bridgehead atoms. The standard InChI is InChI=1S/C27H42N2O7S/c1-6-36-26(31)22-7-9-27(10-8-22)11-13-29(14-12-27)24(30)19-35-16-15-28(4)37(32,33)25-20(2)17-23(34-5)18-21(25)3/h17-18,22H,6-16,19H2,1-5H3. The van der Waals surface area contributed by atoms with Gasteiger partial charge in [-0.2, -0.15) is 4.31 Å². The third kappa shape index (κ3) is 7.03. The van der Waals surface area contributed by atoms with E-state index < -0.39 is 10.0 Å². The molecule has 2 fully saturated rings. The highest BCUT2D eigenvalue weighted by molar-refractivity contribution is 7.89. The van der Waals surface area contributed by atoms with E-state index in [0.717, 1.165) is 38.5 Å². The Kier molecular flexibility index (Phi) is 9.99. The summed E-state index contributed by atoms with van der Waals surface area (Å²) in [5.74, 6) is 0.488. The van der Waals surface area contributed by atoms with Crippen LogP contribution in [0.1, 0.15) is 56.6 Å². The van der Waals surface area contributed by atoms with Gasteiger partial charge in [0.15, 0.2) is 0 Å². The minimum Gasteiger partial charge on any atom is -0.497 e. The number of nitrogens with zero attached hydrogens (tertiary/aromatic N) is 2. The summed E-state index contributed by atoms with van der Waals surface area (Å²) in [5, 5.41) is 0. The second-order valence-electron chi connectivity index (χ2n) is 10.4. The maximum atomic E-state index is 13.1. The van der Waals surface area contributed by atoms with E-state index in [0.29, 0.717) is 36.6 Å². The van der Waals surface area contributed by atoms with Crippen LogP contribution in [0.4, 0.5) is 0 Å². The fourth-order valence-corrected chi connectivity index (χ4v) is 7.17. The summed E-state index contributed by atoms with van der Waals surface area (Å²) in [6.07, 6.45) is 5.61. The van der Waals surface area contributed by atoms with Crippen molar-refractivity contribution in [3.63, 3.8) is 0 Å². The highest BCUT2D eigenvalue weighted by Crippen LogP contribution is 2.46. The Morgan fingerprint density at radius 1 is 1.08 bits per heavy atom. The average Bonchev–Trinajstić information content (AvgIpc) is 2.86. The molecule has 9 nitrogen and oxygen atoms in total. The van der Waals surface area contributed by atoms with Crippen molar-refractivity contribution in [2.45, 2.75) is 64.2 Å². The highest BCUT2D eigenvalue weighted by atomic mass is 32.2. The van der Waals surface area contributed by atoms with Crippen LogP contribution in [0.3, 0.4) is 0 Å². The van der Waals surface area contributed by atoms with Gasteiger partial charge in [-0.1, -0.05) is 0 Å². The third-order valence-electron chi connectivity index (χ3n) is 7.96. The Morgan fingerprint density at radius 2 is 1.68 bits per heavy atom. The molecule has 1 aromatic carbocycles. The van der Waals surface area contributed by atoms with E-state index in [2.05, 4.69) is 0 Å². The van der Waals surface area contributed by atoms with Gasteiger partial charge >= 0.3 is 5.97 Å². The number of esters is 1. The van der Waals surface area contributed by atoms with Gasteiger partial charge in [0.1, 0.15) is 12.4 Å². The first-order valence-corrected chi connectivity index (χ1v) is 14.6. The number of hydrogen-bond donors (Lipinski definition) is 0. The van der Waals surface area contributed by atoms with Crippen LogP contribution in [0.5, 0.6) is 5.75 Å². The van der Waals surface area contributed by atoms with Crippen molar-refractivity contribution in [2.75, 3.05) is 53.6 Å². The van der Waals surface area contributed by atoms with Crippen LogP contribution in [0.25, 0.3) is 0 Å². The molecule has 0 aromatic heterocycles. The molecule has 208 valence electrons. The third-order valence-corrected chi connectivity index (χ3v) is 10.1. The van der Waals surface area contributed by atoms with Crippen molar-refractivity contribution in [2.24, 2.45) is 11.3 Å². The molecule has 1 saturated heterocycles. The van der Waals surface area contributed by atoms with E-state index in [-0.39, 0.29) is 47.9 Å². The quantitative estimate of drug-likeness (QED) is 0.333. The molecule has 1 saturated carbocycles. The van der Waals surface area contributed by atoms with Gasteiger partial charge in [-0.3, -0.25) is 9.59 Å². The lowest BCUT2D eigenvalue weighted by atomic mass is 9.65. The molecule has 0 radical (unpaired) electrons. The van der Waals surface area contributed by atoms with Crippen molar-refractivity contribution in [1.29, 1.82) is 0 Å². The number of ether oxygens (including phenoxy) is 3. The van der Waals surface area contributed by atoms with Crippen LogP contribution in [-0.2, 0) is 29.1 Å². The number of sulfonamides is 1. The van der Waals surface area contributed by atoms with Gasteiger partial charge in [0.2, 0.25) is 15.9 Å². The smallest absolute Gasteiger partial charge is 0.308 e. The number of benzene rings is 1. The zero-order chi connectivity index (χ0) is 27.2. The number of amides is 1. The number of rotatable bonds is 10. The fraction of sp³-hybridized carbons (Fsp3) is 0.704. The first kappa shape index (κ1) is 29.4. The van der Waals surface area contributed by atoms with E-state index in [1.807, 2.05) is 11.8 Å². The number of carbonyl (C=O) groups excluding carboxylic acids is 2. The average molecular weight is 539 g/mol. The number of likely N-dealkylation sites (N-methyl/N-ethyl adjacent to an activating group) is 1. The molecule has 0 N–H and O–H groups in total. The van der Waals surface area contributed by atoms with Gasteiger partial charge < -0.3 is 19.1 Å². The zero-order valence-electron chi connectivity index (χ0n) is 22.9. The molecule has 1 heterocycles. The van der Waals surface area contributed by atoms with Gasteiger partial charge in [-0.05, 0) is 88.0 Å². The second kappa shape index (κ2) is 12.6. The number of piperidine rings is 1. The van der Waals surface area contributed by atoms with Crippen molar-refractivity contribution < 1.29 is 32.2 Å². The minimum atomic E-state index is -3.70. The molecule has 37 heavy (non-hydrogen) atoms. The summed E-state index contributed by atoms with van der Waals surface area (Å²) in [7, 11) is -0.634. The van der Waals surface area contributed by atoms with Crippen molar-refractivity contribution in [3.8, 4) is 5.75 Å². The lowest BCUT2D eigenvalue weighted by Gasteiger charge is -2.45. The summed E-state index contributed by atoms with van der Waals surface area (Å²) in [6.45, 7) is 7.35. The van der Waals surface area contributed by atoms with Crippen LogP contribution in [0.15, 0.2) is 17.0 Å². The Labute approximate surface area is 221 Å². The first-order valence-electron chi connectivity index (χ1n) is 13.2. The number of likely N-dealkylation sites (tertiary alicyclic amines) is 1. The molecule has 1 spiro atoms. The fourth-order valence-electron chi connectivity index (χ4n) is 5.61. The molecular formula is C27H42N2O7S. The molecule has 1 aromatic rings. The lowest BCUT2D eigenvalue weighted by Crippen LogP contribution is -2.46. The normalized spacial score (nSPS) is 18.3. The van der Waals surface area contributed by atoms with E-state index in [1.54, 1.807) is 33.1 Å². The molecule has 0 atom stereocenters. The summed E-state index contributed by atoms with van der Waals surface area (Å²) in [6, 6.07) is 3.41. The number of aryl methyl sites for hydroxylation is 2. The van der Waals surface area contributed by atoms with Gasteiger partial charge in [0.05, 0.1) is 31.1 Å². The zero-order valence-corrected chi connectivity index (χ0v) is 23.7. The van der Waals surface area contributed by atoms with Gasteiger partial charge in [0.25, 0.3) is 0 Å². The van der Waals surface area contributed by atoms with Crippen LogP contribution in [-0.4, -0.2) is 83.1 Å². The predicted octanol–water partition coefficient (Wildman–Crippen LogP) is 3.31. The lowest BCUT2D eigenvalue weighted by molar-refractivity contribution is -0.150. The summed E-state index contributed by atoms with van der Waals surface area (Å²) in [5.41, 5.74) is 1.46. The first-order chi connectivity index (χ1) is 17.5. The van der Waals surface area contributed by atoms with Gasteiger partial charge in [-0.15, -0.1) is 0 Å². The topological polar surface area (TPSA) is 102 Å². The molecular weight excluding hydrogens is 496 g/mol. The Hall–Kier alpha value is -2.17. The van der Waals surface area contributed by atoms with E-state index in [9.17, 15) is 18.0 Å². The maximum Gasteiger partial charge on any atom is 0.308 e. The van der Waals surface area contributed by atoms with Crippen molar-refractivity contribution >= 4 is 21.9 Å². The van der Waals surface area contributed by atoms with Crippen LogP contribution < -0.4 is 4.74 Å².